The van der Waals surface area contributed by atoms with E-state index >= 15 is 0 Å². The number of nitrogens with one attached hydrogen (secondary N) is 2. The Morgan fingerprint density at radius 1 is 1.16 bits per heavy atom. The number of hydrogen-bond donors (Lipinski definition) is 3. The molecule has 0 radical (unpaired) electrons. The van der Waals surface area contributed by atoms with Crippen molar-refractivity contribution in [3.05, 3.63) is 63.6 Å². The molecule has 7 heteroatoms. The van der Waals surface area contributed by atoms with Gasteiger partial charge in [0.1, 0.15) is 0 Å². The highest BCUT2D eigenvalue weighted by Gasteiger charge is 2.04. The summed E-state index contributed by atoms with van der Waals surface area (Å²) in [6, 6.07) is 13.3. The molecule has 0 heterocycles. The highest BCUT2D eigenvalue weighted by molar-refractivity contribution is 14.0. The third-order valence-electron chi connectivity index (χ3n) is 3.26. The Kier molecular flexibility index (Phi) is 8.91. The lowest BCUT2D eigenvalue weighted by molar-refractivity contribution is 0.0954. The monoisotopic (exact) mass is 516 g/mol. The Bertz CT molecular complexity index is 744. The average molecular weight is 517 g/mol. The van der Waals surface area contributed by atoms with Crippen LogP contribution in [0.25, 0.3) is 0 Å². The summed E-state index contributed by atoms with van der Waals surface area (Å²) >= 11 is 3.35. The Morgan fingerprint density at radius 3 is 2.48 bits per heavy atom. The molecule has 5 nitrogen and oxygen atoms in total. The number of nitrogens with two attached hydrogens (primary N) is 1. The largest absolute Gasteiger partial charge is 0.370 e. The number of benzene rings is 2. The number of anilines is 1. The zero-order chi connectivity index (χ0) is 17.5. The van der Waals surface area contributed by atoms with Crippen LogP contribution >= 0.6 is 39.9 Å². The van der Waals surface area contributed by atoms with Gasteiger partial charge in [-0.15, -0.1) is 24.0 Å². The van der Waals surface area contributed by atoms with Crippen LogP contribution in [0.1, 0.15) is 21.5 Å². The second-order valence-electron chi connectivity index (χ2n) is 5.53. The SMILES string of the molecule is Cc1cc(C)cc(NC(N)=NCCNC(=O)c2cccc(Br)c2)c1.I. The van der Waals surface area contributed by atoms with E-state index in [-0.39, 0.29) is 29.9 Å². The van der Waals surface area contributed by atoms with Crippen LogP contribution in [0.5, 0.6) is 0 Å². The predicted molar refractivity (Wildman–Crippen MR) is 118 cm³/mol. The molecule has 0 atom stereocenters. The first-order chi connectivity index (χ1) is 11.4. The van der Waals surface area contributed by atoms with Crippen molar-refractivity contribution in [3.63, 3.8) is 0 Å². The summed E-state index contributed by atoms with van der Waals surface area (Å²) in [6.07, 6.45) is 0. The number of rotatable bonds is 5. The van der Waals surface area contributed by atoms with Gasteiger partial charge in [-0.05, 0) is 55.3 Å². The van der Waals surface area contributed by atoms with Gasteiger partial charge in [-0.1, -0.05) is 28.1 Å². The zero-order valence-corrected chi connectivity index (χ0v) is 18.1. The van der Waals surface area contributed by atoms with Crippen molar-refractivity contribution in [3.8, 4) is 0 Å². The van der Waals surface area contributed by atoms with E-state index in [1.807, 2.05) is 38.1 Å². The van der Waals surface area contributed by atoms with Gasteiger partial charge in [-0.25, -0.2) is 0 Å². The highest BCUT2D eigenvalue weighted by Crippen LogP contribution is 2.13. The Labute approximate surface area is 173 Å². The number of guanidine groups is 1. The third-order valence-corrected chi connectivity index (χ3v) is 3.75. The van der Waals surface area contributed by atoms with Crippen LogP contribution in [0.4, 0.5) is 5.69 Å². The van der Waals surface area contributed by atoms with Crippen molar-refractivity contribution in [2.24, 2.45) is 10.7 Å². The summed E-state index contributed by atoms with van der Waals surface area (Å²) in [5, 5.41) is 5.87. The molecule has 0 bridgehead atoms. The van der Waals surface area contributed by atoms with Crippen LogP contribution in [0, 0.1) is 13.8 Å². The van der Waals surface area contributed by atoms with E-state index < -0.39 is 0 Å². The van der Waals surface area contributed by atoms with Gasteiger partial charge in [0.25, 0.3) is 5.91 Å². The fourth-order valence-corrected chi connectivity index (χ4v) is 2.71. The molecular weight excluding hydrogens is 495 g/mol. The van der Waals surface area contributed by atoms with Crippen LogP contribution in [-0.4, -0.2) is 25.0 Å². The second-order valence-corrected chi connectivity index (χ2v) is 6.45. The number of halogens is 2. The maximum Gasteiger partial charge on any atom is 0.251 e. The van der Waals surface area contributed by atoms with Crippen molar-refractivity contribution in [2.75, 3.05) is 18.4 Å². The van der Waals surface area contributed by atoms with Crippen LogP contribution in [-0.2, 0) is 0 Å². The molecule has 0 saturated carbocycles. The van der Waals surface area contributed by atoms with E-state index in [2.05, 4.69) is 37.6 Å². The third kappa shape index (κ3) is 7.43. The maximum atomic E-state index is 12.0. The van der Waals surface area contributed by atoms with Gasteiger partial charge >= 0.3 is 0 Å². The number of aryl methyl sites for hydroxylation is 2. The minimum Gasteiger partial charge on any atom is -0.370 e. The standard InChI is InChI=1S/C18H21BrN4O.HI/c1-12-8-13(2)10-16(9-12)23-18(20)22-7-6-21-17(24)14-4-3-5-15(19)11-14;/h3-5,8-11H,6-7H2,1-2H3,(H,21,24)(H3,20,22,23);1H. The van der Waals surface area contributed by atoms with Gasteiger partial charge in [0.2, 0.25) is 0 Å². The summed E-state index contributed by atoms with van der Waals surface area (Å²) in [6.45, 7) is 4.88. The smallest absolute Gasteiger partial charge is 0.251 e. The lowest BCUT2D eigenvalue weighted by atomic mass is 10.1. The van der Waals surface area contributed by atoms with Crippen LogP contribution < -0.4 is 16.4 Å². The number of nitrogens with zero attached hydrogens (tertiary/aromatic N) is 1. The average Bonchev–Trinajstić information content (AvgIpc) is 2.50. The molecule has 0 spiro atoms. The molecular formula is C18H22BrIN4O. The molecule has 0 aliphatic rings. The molecule has 0 aliphatic carbocycles. The van der Waals surface area contributed by atoms with Crippen molar-refractivity contribution >= 4 is 57.5 Å². The Balaban J connectivity index is 0.00000312. The van der Waals surface area contributed by atoms with Gasteiger partial charge in [-0.2, -0.15) is 0 Å². The topological polar surface area (TPSA) is 79.5 Å². The maximum absolute atomic E-state index is 12.0. The van der Waals surface area contributed by atoms with E-state index in [9.17, 15) is 4.79 Å². The first-order valence-electron chi connectivity index (χ1n) is 7.63. The molecule has 2 rings (SSSR count). The Morgan fingerprint density at radius 2 is 1.84 bits per heavy atom. The first kappa shape index (κ1) is 21.4. The van der Waals surface area contributed by atoms with Gasteiger partial charge in [-0.3, -0.25) is 9.79 Å². The van der Waals surface area contributed by atoms with E-state index in [1.165, 1.54) is 0 Å². The fourth-order valence-electron chi connectivity index (χ4n) is 2.31. The quantitative estimate of drug-likeness (QED) is 0.244. The molecule has 4 N–H and O–H groups in total. The Hall–Kier alpha value is -1.61. The fraction of sp³-hybridized carbons (Fsp3) is 0.222. The molecule has 0 fully saturated rings. The summed E-state index contributed by atoms with van der Waals surface area (Å²) in [5.74, 6) is 0.198. The molecule has 2 aromatic rings. The van der Waals surface area contributed by atoms with Crippen molar-refractivity contribution in [2.45, 2.75) is 13.8 Å². The number of amides is 1. The minimum atomic E-state index is -0.132. The minimum absolute atomic E-state index is 0. The molecule has 0 saturated heterocycles. The van der Waals surface area contributed by atoms with E-state index in [4.69, 9.17) is 5.73 Å². The molecule has 0 aliphatic heterocycles. The first-order valence-corrected chi connectivity index (χ1v) is 8.42. The summed E-state index contributed by atoms with van der Waals surface area (Å²) in [7, 11) is 0. The van der Waals surface area contributed by atoms with E-state index in [0.717, 1.165) is 21.3 Å². The van der Waals surface area contributed by atoms with Gasteiger partial charge in [0.15, 0.2) is 5.96 Å². The lowest BCUT2D eigenvalue weighted by Crippen LogP contribution is -2.28. The summed E-state index contributed by atoms with van der Waals surface area (Å²) < 4.78 is 0.870. The van der Waals surface area contributed by atoms with Crippen LogP contribution in [0.2, 0.25) is 0 Å². The molecule has 0 aromatic heterocycles. The van der Waals surface area contributed by atoms with E-state index in [1.54, 1.807) is 12.1 Å². The number of carbonyl (C=O) groups is 1. The number of aliphatic imine (C=N–C) groups is 1. The van der Waals surface area contributed by atoms with Gasteiger partial charge in [0.05, 0.1) is 6.54 Å². The lowest BCUT2D eigenvalue weighted by Gasteiger charge is -2.08. The van der Waals surface area contributed by atoms with Gasteiger partial charge in [0, 0.05) is 22.3 Å². The van der Waals surface area contributed by atoms with E-state index in [0.29, 0.717) is 24.6 Å². The van der Waals surface area contributed by atoms with Crippen molar-refractivity contribution in [1.82, 2.24) is 5.32 Å². The van der Waals surface area contributed by atoms with Crippen molar-refractivity contribution in [1.29, 1.82) is 0 Å². The zero-order valence-electron chi connectivity index (χ0n) is 14.2. The molecule has 134 valence electrons. The second kappa shape index (κ2) is 10.4. The molecule has 25 heavy (non-hydrogen) atoms. The number of hydrogen-bond acceptors (Lipinski definition) is 2. The van der Waals surface area contributed by atoms with Gasteiger partial charge < -0.3 is 16.4 Å². The molecule has 0 unspecified atom stereocenters. The molecule has 2 aromatic carbocycles. The highest BCUT2D eigenvalue weighted by atomic mass is 127. The van der Waals surface area contributed by atoms with Crippen LogP contribution in [0.3, 0.4) is 0 Å². The van der Waals surface area contributed by atoms with Crippen LogP contribution in [0.15, 0.2) is 51.9 Å². The predicted octanol–water partition coefficient (Wildman–Crippen LogP) is 3.84. The number of carbonyl (C=O) groups excluding carboxylic acids is 1. The van der Waals surface area contributed by atoms with Crippen molar-refractivity contribution < 1.29 is 4.79 Å². The summed E-state index contributed by atoms with van der Waals surface area (Å²) in [4.78, 5) is 16.2. The molecule has 1 amide bonds. The summed E-state index contributed by atoms with van der Waals surface area (Å²) in [5.41, 5.74) is 9.71. The normalized spacial score (nSPS) is 10.8.